The van der Waals surface area contributed by atoms with Gasteiger partial charge in [0, 0.05) is 11.9 Å². The number of hydrogen-bond acceptors (Lipinski definition) is 3. The zero-order valence-electron chi connectivity index (χ0n) is 10.6. The van der Waals surface area contributed by atoms with E-state index in [-0.39, 0.29) is 18.0 Å². The molecule has 1 N–H and O–H groups in total. The highest BCUT2D eigenvalue weighted by Crippen LogP contribution is 2.22. The van der Waals surface area contributed by atoms with E-state index in [9.17, 15) is 9.59 Å². The van der Waals surface area contributed by atoms with E-state index >= 15 is 0 Å². The Bertz CT molecular complexity index is 707. The van der Waals surface area contributed by atoms with Gasteiger partial charge in [-0.3, -0.25) is 14.6 Å². The summed E-state index contributed by atoms with van der Waals surface area (Å²) in [4.78, 5) is 27.3. The van der Waals surface area contributed by atoms with Crippen molar-refractivity contribution < 1.29 is 9.90 Å². The second-order valence-electron chi connectivity index (χ2n) is 4.59. The molecule has 0 aliphatic rings. The summed E-state index contributed by atoms with van der Waals surface area (Å²) in [6, 6.07) is 3.50. The van der Waals surface area contributed by atoms with Gasteiger partial charge in [0.05, 0.1) is 15.4 Å². The fraction of sp³-hybridized carbons (Fsp3) is 0.308. The van der Waals surface area contributed by atoms with Crippen LogP contribution in [0.25, 0.3) is 10.9 Å². The summed E-state index contributed by atoms with van der Waals surface area (Å²) in [6.07, 6.45) is 1.47. The van der Waals surface area contributed by atoms with Gasteiger partial charge in [0.2, 0.25) is 0 Å². The molecule has 0 saturated carbocycles. The van der Waals surface area contributed by atoms with Crippen LogP contribution in [-0.4, -0.2) is 20.6 Å². The van der Waals surface area contributed by atoms with Crippen molar-refractivity contribution in [2.75, 3.05) is 0 Å². The molecule has 0 unspecified atom stereocenters. The molecule has 0 bridgehead atoms. The quantitative estimate of drug-likeness (QED) is 0.940. The number of nitrogens with zero attached hydrogens (tertiary/aromatic N) is 2. The molecule has 6 heteroatoms. The third kappa shape index (κ3) is 2.68. The average molecular weight is 325 g/mol. The molecule has 0 saturated heterocycles. The second kappa shape index (κ2) is 5.13. The molecule has 0 aliphatic carbocycles. The number of pyridine rings is 2. The molecule has 2 aromatic heterocycles. The minimum atomic E-state index is -1.06. The fourth-order valence-electron chi connectivity index (χ4n) is 1.82. The molecule has 0 aliphatic heterocycles. The Labute approximate surface area is 118 Å². The van der Waals surface area contributed by atoms with Gasteiger partial charge in [-0.1, -0.05) is 13.8 Å². The molecule has 2 aromatic rings. The van der Waals surface area contributed by atoms with Gasteiger partial charge < -0.3 is 9.67 Å². The first-order valence-corrected chi connectivity index (χ1v) is 6.61. The van der Waals surface area contributed by atoms with Crippen molar-refractivity contribution in [3.8, 4) is 0 Å². The van der Waals surface area contributed by atoms with Crippen LogP contribution < -0.4 is 5.56 Å². The molecule has 0 atom stereocenters. The Kier molecular flexibility index (Phi) is 3.71. The van der Waals surface area contributed by atoms with Crippen molar-refractivity contribution in [2.45, 2.75) is 26.3 Å². The van der Waals surface area contributed by atoms with Crippen LogP contribution in [0.15, 0.2) is 27.6 Å². The van der Waals surface area contributed by atoms with Gasteiger partial charge in [-0.25, -0.2) is 0 Å². The number of hydrogen-bond donors (Lipinski definition) is 1. The maximum absolute atomic E-state index is 12.1. The first-order valence-electron chi connectivity index (χ1n) is 5.81. The van der Waals surface area contributed by atoms with Crippen LogP contribution in [0, 0.1) is 0 Å². The van der Waals surface area contributed by atoms with E-state index in [1.54, 1.807) is 12.1 Å². The van der Waals surface area contributed by atoms with E-state index in [1.165, 1.54) is 6.20 Å². The van der Waals surface area contributed by atoms with Crippen LogP contribution in [0.1, 0.15) is 25.5 Å². The zero-order chi connectivity index (χ0) is 14.2. The summed E-state index contributed by atoms with van der Waals surface area (Å²) >= 11 is 3.34. The molecule has 0 spiro atoms. The highest BCUT2D eigenvalue weighted by Gasteiger charge is 2.12. The lowest BCUT2D eigenvalue weighted by Gasteiger charge is -2.09. The molecule has 0 aromatic carbocycles. The Morgan fingerprint density at radius 3 is 2.74 bits per heavy atom. The van der Waals surface area contributed by atoms with Gasteiger partial charge in [-0.15, -0.1) is 0 Å². The lowest BCUT2D eigenvalue weighted by atomic mass is 10.1. The van der Waals surface area contributed by atoms with E-state index in [0.29, 0.717) is 15.4 Å². The van der Waals surface area contributed by atoms with E-state index in [4.69, 9.17) is 5.11 Å². The number of carboxylic acids is 1. The van der Waals surface area contributed by atoms with Crippen molar-refractivity contribution in [3.63, 3.8) is 0 Å². The van der Waals surface area contributed by atoms with Crippen molar-refractivity contribution in [1.29, 1.82) is 0 Å². The SMILES string of the molecule is CC(C)c1ccc2c(=O)n(CC(=O)O)cc(Br)c2n1. The molecule has 0 fully saturated rings. The summed E-state index contributed by atoms with van der Waals surface area (Å²) in [7, 11) is 0. The Morgan fingerprint density at radius 1 is 1.47 bits per heavy atom. The summed E-state index contributed by atoms with van der Waals surface area (Å²) < 4.78 is 1.77. The molecule has 19 heavy (non-hydrogen) atoms. The largest absolute Gasteiger partial charge is 0.480 e. The Morgan fingerprint density at radius 2 is 2.16 bits per heavy atom. The third-order valence-electron chi connectivity index (χ3n) is 2.80. The van der Waals surface area contributed by atoms with Gasteiger partial charge >= 0.3 is 5.97 Å². The molecular formula is C13H13BrN2O3. The van der Waals surface area contributed by atoms with Gasteiger partial charge in [-0.05, 0) is 34.0 Å². The van der Waals surface area contributed by atoms with E-state index in [2.05, 4.69) is 20.9 Å². The first-order chi connectivity index (χ1) is 8.90. The maximum Gasteiger partial charge on any atom is 0.323 e. The second-order valence-corrected chi connectivity index (χ2v) is 5.45. The van der Waals surface area contributed by atoms with Gasteiger partial charge in [0.25, 0.3) is 5.56 Å². The highest BCUT2D eigenvalue weighted by molar-refractivity contribution is 9.10. The lowest BCUT2D eigenvalue weighted by molar-refractivity contribution is -0.137. The van der Waals surface area contributed by atoms with Gasteiger partial charge in [0.15, 0.2) is 0 Å². The van der Waals surface area contributed by atoms with Crippen LogP contribution in [0.2, 0.25) is 0 Å². The predicted octanol–water partition coefficient (Wildman–Crippen LogP) is 2.37. The number of carboxylic acid groups (broad SMARTS) is 1. The monoisotopic (exact) mass is 324 g/mol. The van der Waals surface area contributed by atoms with Crippen LogP contribution in [-0.2, 0) is 11.3 Å². The summed E-state index contributed by atoms with van der Waals surface area (Å²) in [5.41, 5.74) is 1.12. The van der Waals surface area contributed by atoms with E-state index < -0.39 is 5.97 Å². The minimum absolute atomic E-state index is 0.262. The minimum Gasteiger partial charge on any atom is -0.480 e. The number of halogens is 1. The van der Waals surface area contributed by atoms with Crippen LogP contribution >= 0.6 is 15.9 Å². The molecule has 100 valence electrons. The summed E-state index contributed by atoms with van der Waals surface area (Å²) in [5.74, 6) is -0.794. The smallest absolute Gasteiger partial charge is 0.323 e. The average Bonchev–Trinajstić information content (AvgIpc) is 2.34. The third-order valence-corrected chi connectivity index (χ3v) is 3.38. The van der Waals surface area contributed by atoms with E-state index in [1.807, 2.05) is 13.8 Å². The topological polar surface area (TPSA) is 72.2 Å². The molecule has 0 radical (unpaired) electrons. The van der Waals surface area contributed by atoms with E-state index in [0.717, 1.165) is 10.3 Å². The van der Waals surface area contributed by atoms with Crippen molar-refractivity contribution in [3.05, 3.63) is 38.9 Å². The maximum atomic E-state index is 12.1. The summed E-state index contributed by atoms with van der Waals surface area (Å²) in [6.45, 7) is 3.68. The standard InChI is InChI=1S/C13H13BrN2O3/c1-7(2)10-4-3-8-12(15-10)9(14)5-16(13(8)19)6-11(17)18/h3-5,7H,6H2,1-2H3,(H,17,18). The number of aromatic nitrogens is 2. The van der Waals surface area contributed by atoms with Crippen molar-refractivity contribution in [2.24, 2.45) is 0 Å². The van der Waals surface area contributed by atoms with Gasteiger partial charge in [-0.2, -0.15) is 0 Å². The van der Waals surface area contributed by atoms with Crippen molar-refractivity contribution >= 4 is 32.8 Å². The molecular weight excluding hydrogens is 312 g/mol. The first kappa shape index (κ1) is 13.7. The predicted molar refractivity (Wildman–Crippen MR) is 75.4 cm³/mol. The lowest BCUT2D eigenvalue weighted by Crippen LogP contribution is -2.24. The number of aliphatic carboxylic acids is 1. The van der Waals surface area contributed by atoms with Crippen molar-refractivity contribution in [1.82, 2.24) is 9.55 Å². The van der Waals surface area contributed by atoms with Crippen LogP contribution in [0.5, 0.6) is 0 Å². The Balaban J connectivity index is 2.70. The van der Waals surface area contributed by atoms with Gasteiger partial charge in [0.1, 0.15) is 6.54 Å². The number of carbonyl (C=O) groups is 1. The highest BCUT2D eigenvalue weighted by atomic mass is 79.9. The fourth-order valence-corrected chi connectivity index (χ4v) is 2.37. The van der Waals surface area contributed by atoms with Crippen LogP contribution in [0.3, 0.4) is 0 Å². The normalized spacial score (nSPS) is 11.2. The molecule has 0 amide bonds. The van der Waals surface area contributed by atoms with Crippen LogP contribution in [0.4, 0.5) is 0 Å². The Hall–Kier alpha value is -1.69. The summed E-state index contributed by atoms with van der Waals surface area (Å²) in [5, 5.41) is 9.20. The molecule has 5 nitrogen and oxygen atoms in total. The number of fused-ring (bicyclic) bond motifs is 1. The number of rotatable bonds is 3. The molecule has 2 heterocycles. The zero-order valence-corrected chi connectivity index (χ0v) is 12.1. The molecule has 2 rings (SSSR count).